The fourth-order valence-corrected chi connectivity index (χ4v) is 3.17. The van der Waals surface area contributed by atoms with E-state index in [0.717, 1.165) is 17.1 Å². The van der Waals surface area contributed by atoms with Crippen LogP contribution in [-0.4, -0.2) is 11.5 Å². The summed E-state index contributed by atoms with van der Waals surface area (Å²) in [6.07, 6.45) is 0. The van der Waals surface area contributed by atoms with E-state index in [1.165, 1.54) is 11.1 Å². The Morgan fingerprint density at radius 3 is 1.79 bits per heavy atom. The molecule has 0 amide bonds. The Hall–Kier alpha value is -1.20. The molecular weight excluding hydrogens is 438 g/mol. The summed E-state index contributed by atoms with van der Waals surface area (Å²) in [5.74, 6) is 0.868. The zero-order chi connectivity index (χ0) is 21.4. The van der Waals surface area contributed by atoms with Crippen LogP contribution < -0.4 is 4.57 Å². The molecule has 2 aromatic rings. The fraction of sp³-hybridized carbons (Fsp3) is 0.409. The second-order valence-electron chi connectivity index (χ2n) is 7.25. The van der Waals surface area contributed by atoms with E-state index in [9.17, 15) is 4.79 Å². The molecule has 0 aliphatic rings. The standard InChI is InChI=1S/C22H29N2O.2ClH.Co/c1-14(2)18-10-8-11-19(15(3)4)22(18)23-16(5)20-12-9-13-21(17(6)25)24(20)7;;;/h8-15H,1-7H3;2*1H;/q+1;;;+2/p-2. The van der Waals surface area contributed by atoms with Gasteiger partial charge < -0.3 is 0 Å². The predicted octanol–water partition coefficient (Wildman–Crippen LogP) is 6.48. The van der Waals surface area contributed by atoms with Crippen LogP contribution in [0.1, 0.15) is 80.7 Å². The number of aliphatic imine (C=N–C) groups is 1. The van der Waals surface area contributed by atoms with Crippen molar-refractivity contribution >= 4 is 37.5 Å². The summed E-state index contributed by atoms with van der Waals surface area (Å²) in [4.78, 5) is 16.8. The molecule has 155 valence electrons. The van der Waals surface area contributed by atoms with Gasteiger partial charge in [0.1, 0.15) is 12.8 Å². The van der Waals surface area contributed by atoms with Gasteiger partial charge in [0, 0.05) is 19.1 Å². The van der Waals surface area contributed by atoms with Gasteiger partial charge in [0.15, 0.2) is 0 Å². The van der Waals surface area contributed by atoms with E-state index < -0.39 is 0 Å². The molecule has 1 aromatic carbocycles. The molecule has 0 atom stereocenters. The molecule has 1 heterocycles. The van der Waals surface area contributed by atoms with Gasteiger partial charge in [0.25, 0.3) is 0 Å². The molecule has 0 aliphatic carbocycles. The molecule has 0 bridgehead atoms. The van der Waals surface area contributed by atoms with Gasteiger partial charge in [-0.1, -0.05) is 45.9 Å². The maximum absolute atomic E-state index is 11.8. The van der Waals surface area contributed by atoms with Crippen LogP contribution in [0.25, 0.3) is 0 Å². The van der Waals surface area contributed by atoms with Crippen LogP contribution in [0.2, 0.25) is 0 Å². The van der Waals surface area contributed by atoms with Crippen molar-refractivity contribution in [2.75, 3.05) is 0 Å². The van der Waals surface area contributed by atoms with Crippen LogP contribution >= 0.6 is 20.3 Å². The number of benzene rings is 1. The second kappa shape index (κ2) is 11.7. The molecule has 28 heavy (non-hydrogen) atoms. The summed E-state index contributed by atoms with van der Waals surface area (Å²) >= 11 is 0.382. The third kappa shape index (κ3) is 6.41. The quantitative estimate of drug-likeness (QED) is 0.282. The molecule has 0 radical (unpaired) electrons. The number of para-hydroxylation sites is 1. The third-order valence-corrected chi connectivity index (χ3v) is 4.58. The molecule has 0 N–H and O–H groups in total. The number of pyridine rings is 1. The van der Waals surface area contributed by atoms with Gasteiger partial charge in [-0.25, -0.2) is 4.99 Å². The summed E-state index contributed by atoms with van der Waals surface area (Å²) in [7, 11) is 11.4. The van der Waals surface area contributed by atoms with Crippen LogP contribution in [0.3, 0.4) is 0 Å². The summed E-state index contributed by atoms with van der Waals surface area (Å²) < 4.78 is 1.92. The van der Waals surface area contributed by atoms with Crippen LogP contribution in [0, 0.1) is 0 Å². The Morgan fingerprint density at radius 2 is 1.36 bits per heavy atom. The molecule has 0 saturated carbocycles. The van der Waals surface area contributed by atoms with Crippen molar-refractivity contribution in [1.29, 1.82) is 0 Å². The van der Waals surface area contributed by atoms with Crippen molar-refractivity contribution < 1.29 is 22.3 Å². The second-order valence-corrected chi connectivity index (χ2v) is 8.97. The van der Waals surface area contributed by atoms with Gasteiger partial charge in [-0.2, -0.15) is 4.57 Å². The van der Waals surface area contributed by atoms with Gasteiger partial charge in [0.2, 0.25) is 17.2 Å². The van der Waals surface area contributed by atoms with Gasteiger partial charge in [-0.05, 0) is 36.0 Å². The monoisotopic (exact) mass is 466 g/mol. The van der Waals surface area contributed by atoms with Crippen molar-refractivity contribution in [2.45, 2.75) is 53.4 Å². The number of hydrogen-bond donors (Lipinski definition) is 0. The number of halogens is 2. The van der Waals surface area contributed by atoms with Gasteiger partial charge in [-0.3, -0.25) is 4.79 Å². The van der Waals surface area contributed by atoms with Crippen LogP contribution in [0.4, 0.5) is 5.69 Å². The molecule has 0 spiro atoms. The summed E-state index contributed by atoms with van der Waals surface area (Å²) in [6, 6.07) is 12.2. The number of nitrogens with zero attached hydrogens (tertiary/aromatic N) is 2. The molecular formula is C22H29Cl2CoN2O+. The number of rotatable bonds is 5. The number of carbonyl (C=O) groups excluding carboxylic acids is 1. The third-order valence-electron chi connectivity index (χ3n) is 4.58. The topological polar surface area (TPSA) is 33.3 Å². The molecule has 0 fully saturated rings. The fourth-order valence-electron chi connectivity index (χ4n) is 3.17. The van der Waals surface area contributed by atoms with E-state index in [4.69, 9.17) is 25.3 Å². The Morgan fingerprint density at radius 1 is 0.929 bits per heavy atom. The van der Waals surface area contributed by atoms with E-state index in [1.807, 2.05) is 36.7 Å². The average Bonchev–Trinajstić information content (AvgIpc) is 2.61. The van der Waals surface area contributed by atoms with E-state index in [1.54, 1.807) is 6.92 Å². The number of ketones is 1. The van der Waals surface area contributed by atoms with Crippen molar-refractivity contribution in [2.24, 2.45) is 12.0 Å². The van der Waals surface area contributed by atoms with Gasteiger partial charge >= 0.3 is 33.2 Å². The molecule has 6 heteroatoms. The number of aromatic nitrogens is 1. The predicted molar refractivity (Wildman–Crippen MR) is 116 cm³/mol. The zero-order valence-electron chi connectivity index (χ0n) is 17.5. The number of Topliss-reactive ketones (excluding diaryl/α,β-unsaturated/α-hetero) is 1. The summed E-state index contributed by atoms with van der Waals surface area (Å²) in [5, 5.41) is 0. The van der Waals surface area contributed by atoms with E-state index in [-0.39, 0.29) is 5.78 Å². The minimum atomic E-state index is 0.0580. The Bertz CT molecular complexity index is 822. The average molecular weight is 467 g/mol. The van der Waals surface area contributed by atoms with Crippen LogP contribution in [-0.2, 0) is 19.9 Å². The van der Waals surface area contributed by atoms with E-state index in [2.05, 4.69) is 45.9 Å². The first kappa shape index (κ1) is 24.8. The maximum atomic E-state index is 11.8. The summed E-state index contributed by atoms with van der Waals surface area (Å²) in [5.41, 5.74) is 6.15. The molecule has 1 aromatic heterocycles. The Balaban J connectivity index is 0.00000122. The summed E-state index contributed by atoms with van der Waals surface area (Å²) in [6.45, 7) is 12.4. The Kier molecular flexibility index (Phi) is 10.4. The first-order chi connectivity index (χ1) is 13.1. The Labute approximate surface area is 183 Å². The normalized spacial score (nSPS) is 11.6. The SMILES string of the molecule is CC(=O)c1cccc(C(C)=Nc2c(C(C)C)cccc2C(C)C)[n+]1C.[Cl][Co][Cl]. The van der Waals surface area contributed by atoms with E-state index >= 15 is 0 Å². The van der Waals surface area contributed by atoms with Crippen LogP contribution in [0.15, 0.2) is 41.4 Å². The molecule has 0 unspecified atom stereocenters. The minimum absolute atomic E-state index is 0.0580. The molecule has 0 saturated heterocycles. The van der Waals surface area contributed by atoms with Crippen molar-refractivity contribution in [1.82, 2.24) is 0 Å². The van der Waals surface area contributed by atoms with Gasteiger partial charge in [-0.15, -0.1) is 0 Å². The van der Waals surface area contributed by atoms with Crippen molar-refractivity contribution in [3.05, 3.63) is 58.9 Å². The first-order valence-corrected chi connectivity index (χ1v) is 12.0. The molecule has 2 rings (SSSR count). The first-order valence-electron chi connectivity index (χ1n) is 9.17. The van der Waals surface area contributed by atoms with Gasteiger partial charge in [0.05, 0.1) is 5.69 Å². The van der Waals surface area contributed by atoms with Crippen molar-refractivity contribution in [3.63, 3.8) is 0 Å². The van der Waals surface area contributed by atoms with Crippen molar-refractivity contribution in [3.8, 4) is 0 Å². The number of carbonyl (C=O) groups is 1. The zero-order valence-corrected chi connectivity index (χ0v) is 20.1. The van der Waals surface area contributed by atoms with Crippen LogP contribution in [0.5, 0.6) is 0 Å². The molecule has 3 nitrogen and oxygen atoms in total. The van der Waals surface area contributed by atoms with E-state index in [0.29, 0.717) is 30.4 Å². The number of hydrogen-bond acceptors (Lipinski definition) is 2. The molecule has 0 aliphatic heterocycles.